The molecule has 0 aromatic heterocycles. The van der Waals surface area contributed by atoms with Crippen LogP contribution in [0.2, 0.25) is 0 Å². The number of ether oxygens (including phenoxy) is 2. The van der Waals surface area contributed by atoms with Crippen LogP contribution in [-0.2, 0) is 17.6 Å². The monoisotopic (exact) mass is 512 g/mol. The van der Waals surface area contributed by atoms with Crippen LogP contribution in [0.3, 0.4) is 0 Å². The fraction of sp³-hybridized carbons (Fsp3) is 0.333. The molecular weight excluding hydrogens is 483 g/mol. The average Bonchev–Trinajstić information content (AvgIpc) is 2.72. The molecule has 158 valence electrons. The normalized spacial score (nSPS) is 10.7. The van der Waals surface area contributed by atoms with Gasteiger partial charge in [-0.25, -0.2) is 4.99 Å². The molecule has 0 radical (unpaired) electrons. The molecule has 7 nitrogen and oxygen atoms in total. The van der Waals surface area contributed by atoms with Crippen molar-refractivity contribution in [2.45, 2.75) is 19.8 Å². The van der Waals surface area contributed by atoms with Crippen LogP contribution in [-0.4, -0.2) is 39.2 Å². The van der Waals surface area contributed by atoms with Gasteiger partial charge < -0.3 is 25.8 Å². The van der Waals surface area contributed by atoms with Gasteiger partial charge in [-0.3, -0.25) is 4.79 Å². The van der Waals surface area contributed by atoms with Crippen LogP contribution in [0.1, 0.15) is 18.1 Å². The maximum Gasteiger partial charge on any atom is 0.246 e. The first kappa shape index (κ1) is 24.5. The summed E-state index contributed by atoms with van der Waals surface area (Å²) in [5.41, 5.74) is 8.84. The lowest BCUT2D eigenvalue weighted by Crippen LogP contribution is -2.34. The first-order valence-corrected chi connectivity index (χ1v) is 9.19. The molecule has 0 saturated heterocycles. The minimum absolute atomic E-state index is 0. The highest BCUT2D eigenvalue weighted by Crippen LogP contribution is 2.27. The Morgan fingerprint density at radius 3 is 2.52 bits per heavy atom. The van der Waals surface area contributed by atoms with E-state index in [0.29, 0.717) is 18.0 Å². The Bertz CT molecular complexity index is 827. The fourth-order valence-electron chi connectivity index (χ4n) is 2.65. The number of benzene rings is 2. The van der Waals surface area contributed by atoms with E-state index in [-0.39, 0.29) is 42.4 Å². The molecular formula is C21H29IN4O3. The number of nitrogens with one attached hydrogen (secondary N) is 2. The number of amides is 1. The molecule has 1 amide bonds. The number of methoxy groups -OCH3 is 2. The third kappa shape index (κ3) is 8.18. The number of aryl methyl sites for hydroxylation is 1. The van der Waals surface area contributed by atoms with Gasteiger partial charge in [-0.2, -0.15) is 0 Å². The third-order valence-corrected chi connectivity index (χ3v) is 4.18. The highest BCUT2D eigenvalue weighted by molar-refractivity contribution is 14.0. The fourth-order valence-corrected chi connectivity index (χ4v) is 2.65. The van der Waals surface area contributed by atoms with Gasteiger partial charge in [-0.05, 0) is 48.2 Å². The minimum Gasteiger partial charge on any atom is -0.493 e. The Morgan fingerprint density at radius 1 is 1.07 bits per heavy atom. The van der Waals surface area contributed by atoms with Crippen LogP contribution in [0.4, 0.5) is 5.69 Å². The van der Waals surface area contributed by atoms with Gasteiger partial charge in [0.2, 0.25) is 5.91 Å². The van der Waals surface area contributed by atoms with E-state index >= 15 is 0 Å². The van der Waals surface area contributed by atoms with Crippen LogP contribution in [0.25, 0.3) is 0 Å². The van der Waals surface area contributed by atoms with E-state index in [1.54, 1.807) is 14.2 Å². The number of hydrogen-bond acceptors (Lipinski definition) is 4. The van der Waals surface area contributed by atoms with Crippen LogP contribution in [0, 0.1) is 0 Å². The molecule has 2 aromatic carbocycles. The SMILES string of the molecule is CCc1cccc(NC(=O)CN=C(N)NCCc2ccc(OC)c(OC)c2)c1.I. The van der Waals surface area contributed by atoms with Crippen molar-refractivity contribution in [1.29, 1.82) is 0 Å². The summed E-state index contributed by atoms with van der Waals surface area (Å²) in [5, 5.41) is 5.83. The summed E-state index contributed by atoms with van der Waals surface area (Å²) < 4.78 is 10.5. The molecule has 0 fully saturated rings. The number of rotatable bonds is 9. The molecule has 0 heterocycles. The number of anilines is 1. The van der Waals surface area contributed by atoms with Crippen molar-refractivity contribution >= 4 is 41.5 Å². The Kier molecular flexibility index (Phi) is 10.9. The van der Waals surface area contributed by atoms with E-state index in [0.717, 1.165) is 29.7 Å². The second-order valence-corrected chi connectivity index (χ2v) is 6.17. The second-order valence-electron chi connectivity index (χ2n) is 6.17. The number of carbonyl (C=O) groups is 1. The maximum atomic E-state index is 12.0. The van der Waals surface area contributed by atoms with Gasteiger partial charge in [0.25, 0.3) is 0 Å². The molecule has 8 heteroatoms. The van der Waals surface area contributed by atoms with E-state index in [1.807, 2.05) is 42.5 Å². The van der Waals surface area contributed by atoms with Gasteiger partial charge in [0.15, 0.2) is 17.5 Å². The summed E-state index contributed by atoms with van der Waals surface area (Å²) in [5.74, 6) is 1.40. The Morgan fingerprint density at radius 2 is 1.83 bits per heavy atom. The number of hydrogen-bond donors (Lipinski definition) is 3. The number of carbonyl (C=O) groups excluding carboxylic acids is 1. The lowest BCUT2D eigenvalue weighted by Gasteiger charge is -2.10. The second kappa shape index (κ2) is 12.9. The molecule has 0 aliphatic heterocycles. The van der Waals surface area contributed by atoms with E-state index in [9.17, 15) is 4.79 Å². The zero-order chi connectivity index (χ0) is 20.4. The summed E-state index contributed by atoms with van der Waals surface area (Å²) in [7, 11) is 3.21. The zero-order valence-corrected chi connectivity index (χ0v) is 19.4. The molecule has 0 spiro atoms. The van der Waals surface area contributed by atoms with Gasteiger partial charge in [0, 0.05) is 12.2 Å². The van der Waals surface area contributed by atoms with Gasteiger partial charge in [0.05, 0.1) is 14.2 Å². The first-order valence-electron chi connectivity index (χ1n) is 9.19. The standard InChI is InChI=1S/C21H28N4O3.HI/c1-4-15-6-5-7-17(12-15)25-20(26)14-24-21(22)23-11-10-16-8-9-18(27-2)19(13-16)28-3;/h5-9,12-13H,4,10-11,14H2,1-3H3,(H,25,26)(H3,22,23,24);1H. The molecule has 0 aliphatic rings. The van der Waals surface area contributed by atoms with Crippen LogP contribution < -0.4 is 25.8 Å². The van der Waals surface area contributed by atoms with Gasteiger partial charge in [0.1, 0.15) is 6.54 Å². The van der Waals surface area contributed by atoms with Crippen molar-refractivity contribution in [3.8, 4) is 11.5 Å². The highest BCUT2D eigenvalue weighted by atomic mass is 127. The number of guanidine groups is 1. The lowest BCUT2D eigenvalue weighted by atomic mass is 10.1. The Labute approximate surface area is 189 Å². The number of aliphatic imine (C=N–C) groups is 1. The van der Waals surface area contributed by atoms with E-state index < -0.39 is 0 Å². The van der Waals surface area contributed by atoms with E-state index in [1.165, 1.54) is 0 Å². The lowest BCUT2D eigenvalue weighted by molar-refractivity contribution is -0.114. The molecule has 0 aliphatic carbocycles. The predicted molar refractivity (Wildman–Crippen MR) is 128 cm³/mol. The maximum absolute atomic E-state index is 12.0. The van der Waals surface area contributed by atoms with Crippen molar-refractivity contribution in [1.82, 2.24) is 5.32 Å². The van der Waals surface area contributed by atoms with Crippen LogP contribution >= 0.6 is 24.0 Å². The van der Waals surface area contributed by atoms with E-state index in [2.05, 4.69) is 22.5 Å². The molecule has 2 aromatic rings. The molecule has 0 bridgehead atoms. The smallest absolute Gasteiger partial charge is 0.246 e. The molecule has 0 saturated carbocycles. The van der Waals surface area contributed by atoms with Crippen molar-refractivity contribution in [3.05, 3.63) is 53.6 Å². The number of nitrogens with zero attached hydrogens (tertiary/aromatic N) is 1. The minimum atomic E-state index is -0.210. The summed E-state index contributed by atoms with van der Waals surface area (Å²) in [6.07, 6.45) is 1.64. The molecule has 29 heavy (non-hydrogen) atoms. The topological polar surface area (TPSA) is 98.0 Å². The highest BCUT2D eigenvalue weighted by Gasteiger charge is 2.05. The quantitative estimate of drug-likeness (QED) is 0.273. The zero-order valence-electron chi connectivity index (χ0n) is 17.0. The van der Waals surface area contributed by atoms with Crippen molar-refractivity contribution in [2.24, 2.45) is 10.7 Å². The summed E-state index contributed by atoms with van der Waals surface area (Å²) in [6.45, 7) is 2.62. The van der Waals surface area contributed by atoms with Gasteiger partial charge >= 0.3 is 0 Å². The largest absolute Gasteiger partial charge is 0.493 e. The van der Waals surface area contributed by atoms with Crippen molar-refractivity contribution < 1.29 is 14.3 Å². The molecule has 0 atom stereocenters. The van der Waals surface area contributed by atoms with Gasteiger partial charge in [-0.15, -0.1) is 24.0 Å². The molecule has 0 unspecified atom stereocenters. The molecule has 2 rings (SSSR count). The van der Waals surface area contributed by atoms with Crippen molar-refractivity contribution in [3.63, 3.8) is 0 Å². The Hall–Kier alpha value is -2.49. The number of halogens is 1. The van der Waals surface area contributed by atoms with Crippen molar-refractivity contribution in [2.75, 3.05) is 32.6 Å². The summed E-state index contributed by atoms with van der Waals surface area (Å²) in [4.78, 5) is 16.1. The average molecular weight is 512 g/mol. The van der Waals surface area contributed by atoms with Crippen LogP contribution in [0.15, 0.2) is 47.5 Å². The predicted octanol–water partition coefficient (Wildman–Crippen LogP) is 2.97. The third-order valence-electron chi connectivity index (χ3n) is 4.18. The summed E-state index contributed by atoms with van der Waals surface area (Å²) in [6, 6.07) is 13.5. The molecule has 4 N–H and O–H groups in total. The van der Waals surface area contributed by atoms with Crippen LogP contribution in [0.5, 0.6) is 11.5 Å². The Balaban J connectivity index is 0.00000420. The first-order chi connectivity index (χ1) is 13.5. The van der Waals surface area contributed by atoms with Gasteiger partial charge in [-0.1, -0.05) is 25.1 Å². The summed E-state index contributed by atoms with van der Waals surface area (Å²) >= 11 is 0. The van der Waals surface area contributed by atoms with E-state index in [4.69, 9.17) is 15.2 Å². The number of nitrogens with two attached hydrogens (primary N) is 1.